The number of nitrogens with one attached hydrogen (secondary N) is 1. The second-order valence-corrected chi connectivity index (χ2v) is 3.83. The van der Waals surface area contributed by atoms with Gasteiger partial charge in [-0.15, -0.1) is 0 Å². The smallest absolute Gasteiger partial charge is 0.305 e. The van der Waals surface area contributed by atoms with E-state index in [1.807, 2.05) is 0 Å². The maximum Gasteiger partial charge on any atom is 0.305 e. The van der Waals surface area contributed by atoms with E-state index < -0.39 is 29.3 Å². The van der Waals surface area contributed by atoms with Crippen LogP contribution in [0.2, 0.25) is 0 Å². The molecule has 1 aromatic carbocycles. The fourth-order valence-corrected chi connectivity index (χ4v) is 1.40. The van der Waals surface area contributed by atoms with Crippen LogP contribution in [0.5, 0.6) is 5.75 Å². The summed E-state index contributed by atoms with van der Waals surface area (Å²) in [6.07, 6.45) is -0.574. The van der Waals surface area contributed by atoms with Crippen LogP contribution in [-0.4, -0.2) is 35.1 Å². The second-order valence-electron chi connectivity index (χ2n) is 3.83. The lowest BCUT2D eigenvalue weighted by atomic mass is 10.2. The number of anilines is 1. The van der Waals surface area contributed by atoms with Gasteiger partial charge >= 0.3 is 5.97 Å². The Labute approximate surface area is 113 Å². The van der Waals surface area contributed by atoms with Crippen molar-refractivity contribution in [2.45, 2.75) is 12.5 Å². The van der Waals surface area contributed by atoms with Gasteiger partial charge < -0.3 is 20.9 Å². The lowest BCUT2D eigenvalue weighted by Gasteiger charge is -2.11. The number of rotatable bonds is 6. The van der Waals surface area contributed by atoms with E-state index in [4.69, 9.17) is 15.6 Å². The number of amides is 1. The van der Waals surface area contributed by atoms with E-state index in [0.29, 0.717) is 0 Å². The number of methoxy groups -OCH3 is 1. The predicted octanol–water partition coefficient (Wildman–Crippen LogP) is 0.344. The quantitative estimate of drug-likeness (QED) is 0.504. The highest BCUT2D eigenvalue weighted by atomic mass is 16.6. The number of hydrogen-bond acceptors (Lipinski definition) is 6. The van der Waals surface area contributed by atoms with E-state index in [0.717, 1.165) is 6.07 Å². The normalized spacial score (nSPS) is 11.5. The van der Waals surface area contributed by atoms with Crippen LogP contribution in [0.3, 0.4) is 0 Å². The van der Waals surface area contributed by atoms with Gasteiger partial charge in [0.05, 0.1) is 30.6 Å². The Balaban J connectivity index is 2.94. The van der Waals surface area contributed by atoms with E-state index in [1.54, 1.807) is 0 Å². The first kappa shape index (κ1) is 15.4. The van der Waals surface area contributed by atoms with Crippen molar-refractivity contribution in [1.82, 2.24) is 0 Å². The Morgan fingerprint density at radius 3 is 2.70 bits per heavy atom. The zero-order valence-corrected chi connectivity index (χ0v) is 10.5. The molecule has 0 aliphatic rings. The lowest BCUT2D eigenvalue weighted by molar-refractivity contribution is -0.384. The van der Waals surface area contributed by atoms with E-state index >= 15 is 0 Å². The number of nitro groups is 1. The number of nitrogens with zero attached hydrogens (tertiary/aromatic N) is 1. The molecule has 0 aromatic heterocycles. The molecule has 0 fully saturated rings. The van der Waals surface area contributed by atoms with E-state index in [2.05, 4.69) is 5.32 Å². The largest absolute Gasteiger partial charge is 0.496 e. The van der Waals surface area contributed by atoms with E-state index in [9.17, 15) is 19.7 Å². The predicted molar refractivity (Wildman–Crippen MR) is 68.5 cm³/mol. The number of carbonyl (C=O) groups excluding carboxylic acids is 1. The van der Waals surface area contributed by atoms with Gasteiger partial charge in [-0.2, -0.15) is 0 Å². The number of nitrogens with two attached hydrogens (primary N) is 1. The molecular weight excluding hydrogens is 270 g/mol. The van der Waals surface area contributed by atoms with Crippen LogP contribution in [-0.2, 0) is 9.59 Å². The van der Waals surface area contributed by atoms with Gasteiger partial charge in [0, 0.05) is 0 Å². The van der Waals surface area contributed by atoms with Crippen molar-refractivity contribution in [3.05, 3.63) is 28.3 Å². The van der Waals surface area contributed by atoms with Crippen LogP contribution in [0.15, 0.2) is 18.2 Å². The highest BCUT2D eigenvalue weighted by Gasteiger charge is 2.21. The van der Waals surface area contributed by atoms with Crippen molar-refractivity contribution >= 4 is 23.3 Å². The molecule has 0 heterocycles. The number of carboxylic acids is 1. The average molecular weight is 283 g/mol. The molecule has 1 aromatic rings. The summed E-state index contributed by atoms with van der Waals surface area (Å²) < 4.78 is 4.85. The van der Waals surface area contributed by atoms with Crippen LogP contribution in [0.25, 0.3) is 0 Å². The van der Waals surface area contributed by atoms with Gasteiger partial charge in [0.2, 0.25) is 5.91 Å². The summed E-state index contributed by atoms with van der Waals surface area (Å²) in [4.78, 5) is 32.3. The molecule has 0 spiro atoms. The number of benzene rings is 1. The Bertz CT molecular complexity index is 545. The van der Waals surface area contributed by atoms with Crippen LogP contribution >= 0.6 is 0 Å². The molecule has 9 heteroatoms. The molecule has 0 saturated carbocycles. The Morgan fingerprint density at radius 1 is 1.55 bits per heavy atom. The molecule has 20 heavy (non-hydrogen) atoms. The fourth-order valence-electron chi connectivity index (χ4n) is 1.40. The molecular formula is C11H13N3O6. The van der Waals surface area contributed by atoms with Gasteiger partial charge in [0.25, 0.3) is 5.69 Å². The summed E-state index contributed by atoms with van der Waals surface area (Å²) in [5.41, 5.74) is 4.90. The van der Waals surface area contributed by atoms with Crippen molar-refractivity contribution < 1.29 is 24.4 Å². The highest BCUT2D eigenvalue weighted by molar-refractivity contribution is 5.98. The van der Waals surface area contributed by atoms with Crippen LogP contribution < -0.4 is 15.8 Å². The molecule has 0 aliphatic carbocycles. The SMILES string of the molecule is COc1ccc(NC(=O)C(N)CC(=O)O)c([N+](=O)[O-])c1. The number of nitro benzene ring substituents is 1. The van der Waals surface area contributed by atoms with Crippen LogP contribution in [0.4, 0.5) is 11.4 Å². The first-order valence-electron chi connectivity index (χ1n) is 5.45. The minimum absolute atomic E-state index is 0.0818. The second kappa shape index (κ2) is 6.48. The summed E-state index contributed by atoms with van der Waals surface area (Å²) in [5, 5.41) is 21.6. The van der Waals surface area contributed by atoms with Gasteiger partial charge in [0.1, 0.15) is 11.4 Å². The molecule has 0 aliphatic heterocycles. The lowest BCUT2D eigenvalue weighted by Crippen LogP contribution is -2.37. The van der Waals surface area contributed by atoms with Gasteiger partial charge in [-0.1, -0.05) is 0 Å². The number of hydrogen-bond donors (Lipinski definition) is 3. The van der Waals surface area contributed by atoms with Crippen molar-refractivity contribution in [2.75, 3.05) is 12.4 Å². The van der Waals surface area contributed by atoms with Crippen molar-refractivity contribution in [1.29, 1.82) is 0 Å². The number of ether oxygens (including phenoxy) is 1. The van der Waals surface area contributed by atoms with Gasteiger partial charge in [0.15, 0.2) is 0 Å². The molecule has 4 N–H and O–H groups in total. The number of aliphatic carboxylic acids is 1. The first-order valence-corrected chi connectivity index (χ1v) is 5.45. The van der Waals surface area contributed by atoms with E-state index in [1.165, 1.54) is 19.2 Å². The molecule has 1 unspecified atom stereocenters. The zero-order chi connectivity index (χ0) is 15.3. The summed E-state index contributed by atoms with van der Waals surface area (Å²) in [5.74, 6) is -1.80. The standard InChI is InChI=1S/C11H13N3O6/c1-20-6-2-3-8(9(4-6)14(18)19)13-11(17)7(12)5-10(15)16/h2-4,7H,5,12H2,1H3,(H,13,17)(H,15,16). The first-order chi connectivity index (χ1) is 9.35. The summed E-state index contributed by atoms with van der Waals surface area (Å²) in [6.45, 7) is 0. The van der Waals surface area contributed by atoms with Crippen LogP contribution in [0.1, 0.15) is 6.42 Å². The van der Waals surface area contributed by atoms with Crippen molar-refractivity contribution in [2.24, 2.45) is 5.73 Å². The molecule has 0 saturated heterocycles. The zero-order valence-electron chi connectivity index (χ0n) is 10.5. The van der Waals surface area contributed by atoms with Gasteiger partial charge in [-0.05, 0) is 12.1 Å². The summed E-state index contributed by atoms with van der Waals surface area (Å²) in [6, 6.07) is 2.54. The maximum absolute atomic E-state index is 11.6. The summed E-state index contributed by atoms with van der Waals surface area (Å²) >= 11 is 0. The maximum atomic E-state index is 11.6. The number of carboxylic acid groups (broad SMARTS) is 1. The van der Waals surface area contributed by atoms with Gasteiger partial charge in [-0.3, -0.25) is 19.7 Å². The van der Waals surface area contributed by atoms with E-state index in [-0.39, 0.29) is 17.1 Å². The molecule has 0 radical (unpaired) electrons. The molecule has 108 valence electrons. The highest BCUT2D eigenvalue weighted by Crippen LogP contribution is 2.28. The Hall–Kier alpha value is -2.68. The minimum atomic E-state index is -1.30. The third-order valence-electron chi connectivity index (χ3n) is 2.39. The summed E-state index contributed by atoms with van der Waals surface area (Å²) in [7, 11) is 1.35. The molecule has 0 bridgehead atoms. The molecule has 1 rings (SSSR count). The van der Waals surface area contributed by atoms with Crippen LogP contribution in [0, 0.1) is 10.1 Å². The third-order valence-corrected chi connectivity index (χ3v) is 2.39. The van der Waals surface area contributed by atoms with Crippen molar-refractivity contribution in [3.8, 4) is 5.75 Å². The van der Waals surface area contributed by atoms with Crippen molar-refractivity contribution in [3.63, 3.8) is 0 Å². The Morgan fingerprint density at radius 2 is 2.20 bits per heavy atom. The topological polar surface area (TPSA) is 145 Å². The monoisotopic (exact) mass is 283 g/mol. The minimum Gasteiger partial charge on any atom is -0.496 e. The molecule has 1 amide bonds. The molecule has 1 atom stereocenters. The van der Waals surface area contributed by atoms with Gasteiger partial charge in [-0.25, -0.2) is 0 Å². The number of carbonyl (C=O) groups is 2. The molecule has 9 nitrogen and oxygen atoms in total. The third kappa shape index (κ3) is 3.92. The Kier molecular flexibility index (Phi) is 4.98. The fraction of sp³-hybridized carbons (Fsp3) is 0.273. The average Bonchev–Trinajstić information content (AvgIpc) is 2.37.